The molecule has 0 atom stereocenters. The molecule has 4 aromatic rings. The monoisotopic (exact) mass is 345 g/mol. The number of aryl methyl sites for hydroxylation is 1. The first-order chi connectivity index (χ1) is 12.7. The van der Waals surface area contributed by atoms with E-state index in [4.69, 9.17) is 0 Å². The molecule has 26 heavy (non-hydrogen) atoms. The first kappa shape index (κ1) is 16.0. The minimum absolute atomic E-state index is 0.264. The standard InChI is InChI=1S/C20H16FN5/c1-14-11-23-26(13-14)20-7-3-6-19(25-20)24-18-9-8-16(12-22-18)15-4-2-5-17(21)10-15/h2-13H,1H3,(H,22,24,25). The summed E-state index contributed by atoms with van der Waals surface area (Å²) in [5.74, 6) is 1.78. The van der Waals surface area contributed by atoms with E-state index in [2.05, 4.69) is 20.4 Å². The molecule has 0 bridgehead atoms. The van der Waals surface area contributed by atoms with Gasteiger partial charge in [-0.2, -0.15) is 5.10 Å². The molecule has 0 saturated carbocycles. The van der Waals surface area contributed by atoms with Gasteiger partial charge in [-0.05, 0) is 54.4 Å². The van der Waals surface area contributed by atoms with Crippen molar-refractivity contribution < 1.29 is 4.39 Å². The molecule has 128 valence electrons. The average molecular weight is 345 g/mol. The molecule has 4 rings (SSSR count). The summed E-state index contributed by atoms with van der Waals surface area (Å²) >= 11 is 0. The summed E-state index contributed by atoms with van der Waals surface area (Å²) in [7, 11) is 0. The van der Waals surface area contributed by atoms with Crippen molar-refractivity contribution in [1.29, 1.82) is 0 Å². The van der Waals surface area contributed by atoms with Crippen LogP contribution >= 0.6 is 0 Å². The van der Waals surface area contributed by atoms with Gasteiger partial charge in [0.25, 0.3) is 0 Å². The van der Waals surface area contributed by atoms with Crippen molar-refractivity contribution >= 4 is 11.6 Å². The average Bonchev–Trinajstić information content (AvgIpc) is 3.09. The molecule has 5 nitrogen and oxygen atoms in total. The van der Waals surface area contributed by atoms with Crippen molar-refractivity contribution in [1.82, 2.24) is 19.7 Å². The number of nitrogens with zero attached hydrogens (tertiary/aromatic N) is 4. The topological polar surface area (TPSA) is 55.6 Å². The van der Waals surface area contributed by atoms with E-state index in [0.29, 0.717) is 11.6 Å². The minimum atomic E-state index is -0.264. The highest BCUT2D eigenvalue weighted by molar-refractivity contribution is 5.64. The van der Waals surface area contributed by atoms with Crippen molar-refractivity contribution in [2.45, 2.75) is 6.92 Å². The molecule has 3 heterocycles. The molecule has 3 aromatic heterocycles. The Morgan fingerprint density at radius 3 is 2.54 bits per heavy atom. The number of benzene rings is 1. The maximum atomic E-state index is 13.4. The molecule has 0 radical (unpaired) electrons. The highest BCUT2D eigenvalue weighted by Gasteiger charge is 2.04. The van der Waals surface area contributed by atoms with Crippen molar-refractivity contribution in [2.75, 3.05) is 5.32 Å². The molecule has 1 aromatic carbocycles. The van der Waals surface area contributed by atoms with E-state index in [0.717, 1.165) is 22.5 Å². The molecule has 0 aliphatic rings. The normalized spacial score (nSPS) is 10.7. The molecular formula is C20H16FN5. The van der Waals surface area contributed by atoms with Crippen LogP contribution in [0, 0.1) is 12.7 Å². The molecule has 0 unspecified atom stereocenters. The molecule has 0 aliphatic carbocycles. The van der Waals surface area contributed by atoms with Crippen LogP contribution in [0.1, 0.15) is 5.56 Å². The Morgan fingerprint density at radius 1 is 0.923 bits per heavy atom. The number of hydrogen-bond acceptors (Lipinski definition) is 4. The first-order valence-electron chi connectivity index (χ1n) is 8.15. The van der Waals surface area contributed by atoms with Gasteiger partial charge in [-0.15, -0.1) is 0 Å². The fourth-order valence-electron chi connectivity index (χ4n) is 2.60. The number of anilines is 2. The Morgan fingerprint density at radius 2 is 1.81 bits per heavy atom. The number of pyridine rings is 2. The summed E-state index contributed by atoms with van der Waals surface area (Å²) in [6.07, 6.45) is 5.41. The molecule has 0 saturated heterocycles. The predicted octanol–water partition coefficient (Wildman–Crippen LogP) is 4.52. The molecule has 0 fully saturated rings. The largest absolute Gasteiger partial charge is 0.325 e. The predicted molar refractivity (Wildman–Crippen MR) is 99.0 cm³/mol. The van der Waals surface area contributed by atoms with Crippen molar-refractivity contribution in [3.05, 3.63) is 84.6 Å². The number of rotatable bonds is 4. The molecular weight excluding hydrogens is 329 g/mol. The third-order valence-electron chi connectivity index (χ3n) is 3.86. The van der Waals surface area contributed by atoms with Crippen LogP contribution in [0.25, 0.3) is 16.9 Å². The van der Waals surface area contributed by atoms with Crippen LogP contribution in [0.2, 0.25) is 0 Å². The van der Waals surface area contributed by atoms with Gasteiger partial charge >= 0.3 is 0 Å². The number of halogens is 1. The number of hydrogen-bond donors (Lipinski definition) is 1. The first-order valence-corrected chi connectivity index (χ1v) is 8.15. The second-order valence-corrected chi connectivity index (χ2v) is 5.91. The van der Waals surface area contributed by atoms with Crippen LogP contribution in [-0.4, -0.2) is 19.7 Å². The lowest BCUT2D eigenvalue weighted by Crippen LogP contribution is -2.01. The van der Waals surface area contributed by atoms with Gasteiger partial charge in [0.05, 0.1) is 6.20 Å². The van der Waals surface area contributed by atoms with Gasteiger partial charge in [-0.3, -0.25) is 0 Å². The summed E-state index contributed by atoms with van der Waals surface area (Å²) in [6, 6.07) is 15.8. The lowest BCUT2D eigenvalue weighted by Gasteiger charge is -2.08. The fourth-order valence-corrected chi connectivity index (χ4v) is 2.60. The quantitative estimate of drug-likeness (QED) is 0.591. The zero-order chi connectivity index (χ0) is 17.9. The van der Waals surface area contributed by atoms with Gasteiger partial charge in [0, 0.05) is 18.0 Å². The van der Waals surface area contributed by atoms with E-state index in [1.165, 1.54) is 12.1 Å². The second-order valence-electron chi connectivity index (χ2n) is 5.91. The maximum absolute atomic E-state index is 13.4. The van der Waals surface area contributed by atoms with Crippen LogP contribution in [0.5, 0.6) is 0 Å². The van der Waals surface area contributed by atoms with Crippen molar-refractivity contribution in [3.8, 4) is 16.9 Å². The molecule has 0 amide bonds. The van der Waals surface area contributed by atoms with Gasteiger partial charge in [0.1, 0.15) is 17.5 Å². The van der Waals surface area contributed by atoms with Crippen molar-refractivity contribution in [3.63, 3.8) is 0 Å². The molecule has 0 spiro atoms. The summed E-state index contributed by atoms with van der Waals surface area (Å²) in [5, 5.41) is 7.44. The summed E-state index contributed by atoms with van der Waals surface area (Å²) in [5.41, 5.74) is 2.71. The number of aromatic nitrogens is 4. The van der Waals surface area contributed by atoms with E-state index in [-0.39, 0.29) is 5.82 Å². The summed E-state index contributed by atoms with van der Waals surface area (Å²) < 4.78 is 15.1. The van der Waals surface area contributed by atoms with Gasteiger partial charge in [0.15, 0.2) is 5.82 Å². The lowest BCUT2D eigenvalue weighted by molar-refractivity contribution is 0.628. The highest BCUT2D eigenvalue weighted by atomic mass is 19.1. The van der Waals surface area contributed by atoms with Gasteiger partial charge in [-0.1, -0.05) is 18.2 Å². The molecule has 6 heteroatoms. The SMILES string of the molecule is Cc1cnn(-c2cccc(Nc3ccc(-c4cccc(F)c4)cn3)n2)c1. The highest BCUT2D eigenvalue weighted by Crippen LogP contribution is 2.21. The van der Waals surface area contributed by atoms with E-state index < -0.39 is 0 Å². The van der Waals surface area contributed by atoms with E-state index in [9.17, 15) is 4.39 Å². The Hall–Kier alpha value is -3.54. The Kier molecular flexibility index (Phi) is 4.15. The Balaban J connectivity index is 1.54. The third-order valence-corrected chi connectivity index (χ3v) is 3.86. The van der Waals surface area contributed by atoms with Gasteiger partial charge in [0.2, 0.25) is 0 Å². The van der Waals surface area contributed by atoms with E-state index >= 15 is 0 Å². The molecule has 0 aliphatic heterocycles. The van der Waals surface area contributed by atoms with E-state index in [1.807, 2.05) is 49.5 Å². The summed E-state index contributed by atoms with van der Waals surface area (Å²) in [6.45, 7) is 1.98. The second kappa shape index (κ2) is 6.76. The number of nitrogens with one attached hydrogen (secondary N) is 1. The Labute approximate surface area is 150 Å². The smallest absolute Gasteiger partial charge is 0.155 e. The van der Waals surface area contributed by atoms with Crippen LogP contribution in [0.3, 0.4) is 0 Å². The van der Waals surface area contributed by atoms with Crippen LogP contribution in [-0.2, 0) is 0 Å². The van der Waals surface area contributed by atoms with Gasteiger partial charge in [-0.25, -0.2) is 19.0 Å². The third kappa shape index (κ3) is 3.44. The fraction of sp³-hybridized carbons (Fsp3) is 0.0500. The lowest BCUT2D eigenvalue weighted by atomic mass is 10.1. The van der Waals surface area contributed by atoms with Crippen LogP contribution in [0.4, 0.5) is 16.0 Å². The van der Waals surface area contributed by atoms with Gasteiger partial charge < -0.3 is 5.32 Å². The Bertz CT molecular complexity index is 1040. The van der Waals surface area contributed by atoms with Crippen molar-refractivity contribution in [2.24, 2.45) is 0 Å². The maximum Gasteiger partial charge on any atom is 0.155 e. The summed E-state index contributed by atoms with van der Waals surface area (Å²) in [4.78, 5) is 8.93. The minimum Gasteiger partial charge on any atom is -0.325 e. The van der Waals surface area contributed by atoms with E-state index in [1.54, 1.807) is 23.1 Å². The van der Waals surface area contributed by atoms with Crippen LogP contribution in [0.15, 0.2) is 73.2 Å². The zero-order valence-electron chi connectivity index (χ0n) is 14.1. The molecule has 1 N–H and O–H groups in total. The van der Waals surface area contributed by atoms with Crippen LogP contribution < -0.4 is 5.32 Å². The zero-order valence-corrected chi connectivity index (χ0v) is 14.1.